The molecule has 0 bridgehead atoms. The molecule has 1 amide bonds. The number of para-hydroxylation sites is 1. The Hall–Kier alpha value is -4.25. The van der Waals surface area contributed by atoms with Gasteiger partial charge in [0.2, 0.25) is 11.9 Å². The maximum Gasteiger partial charge on any atom is 0.310 e. The SMILES string of the molecule is COC(=O)[C@H]1CCN(CC(=O)Nc2cccc3c(-c4nc(Nc5cc(C)n(C)n5)ncc4C)c[nH]c23)C1. The lowest BCUT2D eigenvalue weighted by Crippen LogP contribution is -2.32. The number of carbonyl (C=O) groups is 2. The molecule has 0 unspecified atom stereocenters. The number of fused-ring (bicyclic) bond motifs is 1. The van der Waals surface area contributed by atoms with Crippen LogP contribution in [0.25, 0.3) is 22.2 Å². The fourth-order valence-electron chi connectivity index (χ4n) is 4.69. The second kappa shape index (κ2) is 10.0. The maximum absolute atomic E-state index is 12.8. The van der Waals surface area contributed by atoms with E-state index in [0.717, 1.165) is 33.4 Å². The van der Waals surface area contributed by atoms with E-state index in [9.17, 15) is 9.59 Å². The van der Waals surface area contributed by atoms with Crippen LogP contribution in [0.3, 0.4) is 0 Å². The number of aromatic nitrogens is 5. The number of aromatic amines is 1. The minimum atomic E-state index is -0.222. The number of rotatable bonds is 7. The normalized spacial score (nSPS) is 15.7. The van der Waals surface area contributed by atoms with Crippen molar-refractivity contribution < 1.29 is 14.3 Å². The van der Waals surface area contributed by atoms with Crippen LogP contribution < -0.4 is 10.6 Å². The molecule has 0 aliphatic carbocycles. The third-order valence-electron chi connectivity index (χ3n) is 6.74. The molecule has 4 aromatic rings. The van der Waals surface area contributed by atoms with Crippen molar-refractivity contribution in [3.8, 4) is 11.3 Å². The van der Waals surface area contributed by atoms with Gasteiger partial charge in [-0.05, 0) is 38.4 Å². The molecule has 37 heavy (non-hydrogen) atoms. The molecule has 5 rings (SSSR count). The number of benzene rings is 1. The molecular weight excluding hydrogens is 472 g/mol. The third-order valence-corrected chi connectivity index (χ3v) is 6.74. The number of likely N-dealkylation sites (tertiary alicyclic amines) is 1. The van der Waals surface area contributed by atoms with Gasteiger partial charge in [0, 0.05) is 48.7 Å². The van der Waals surface area contributed by atoms with Crippen molar-refractivity contribution in [1.82, 2.24) is 29.6 Å². The standard InChI is InChI=1S/C26H30N8O3/c1-15-11-28-26(30-21-10-16(2)33(3)32-21)31-23(15)19-12-27-24-18(19)6-5-7-20(24)29-22(35)14-34-9-8-17(13-34)25(36)37-4/h5-7,10-12,17,27H,8-9,13-14H2,1-4H3,(H,29,35)(H,28,30,31,32)/t17-/m0/s1. The van der Waals surface area contributed by atoms with Gasteiger partial charge in [-0.3, -0.25) is 19.2 Å². The van der Waals surface area contributed by atoms with E-state index in [1.165, 1.54) is 7.11 Å². The lowest BCUT2D eigenvalue weighted by molar-refractivity contribution is -0.145. The number of ether oxygens (including phenoxy) is 1. The molecule has 192 valence electrons. The fraction of sp³-hybridized carbons (Fsp3) is 0.346. The van der Waals surface area contributed by atoms with Gasteiger partial charge in [-0.2, -0.15) is 5.10 Å². The number of amides is 1. The van der Waals surface area contributed by atoms with Crippen LogP contribution in [0.5, 0.6) is 0 Å². The van der Waals surface area contributed by atoms with E-state index < -0.39 is 0 Å². The first kappa shape index (κ1) is 24.4. The summed E-state index contributed by atoms with van der Waals surface area (Å²) in [6.07, 6.45) is 4.37. The Kier molecular flexibility index (Phi) is 6.62. The summed E-state index contributed by atoms with van der Waals surface area (Å²) in [6, 6.07) is 7.70. The van der Waals surface area contributed by atoms with Crippen LogP contribution in [0.4, 0.5) is 17.5 Å². The zero-order valence-electron chi connectivity index (χ0n) is 21.3. The first-order chi connectivity index (χ1) is 17.8. The number of anilines is 3. The highest BCUT2D eigenvalue weighted by Gasteiger charge is 2.30. The number of esters is 1. The molecule has 0 saturated carbocycles. The number of methoxy groups -OCH3 is 1. The monoisotopic (exact) mass is 502 g/mol. The Morgan fingerprint density at radius 2 is 2.11 bits per heavy atom. The van der Waals surface area contributed by atoms with Gasteiger partial charge in [-0.15, -0.1) is 0 Å². The van der Waals surface area contributed by atoms with E-state index in [-0.39, 0.29) is 24.3 Å². The summed E-state index contributed by atoms with van der Waals surface area (Å²) in [7, 11) is 3.28. The van der Waals surface area contributed by atoms with Gasteiger partial charge in [0.15, 0.2) is 5.82 Å². The highest BCUT2D eigenvalue weighted by Crippen LogP contribution is 2.33. The Balaban J connectivity index is 1.35. The summed E-state index contributed by atoms with van der Waals surface area (Å²) in [5.74, 6) is 0.594. The summed E-state index contributed by atoms with van der Waals surface area (Å²) >= 11 is 0. The van der Waals surface area contributed by atoms with Gasteiger partial charge in [0.1, 0.15) is 0 Å². The Bertz CT molecular complexity index is 1450. The molecule has 4 heterocycles. The van der Waals surface area contributed by atoms with Crippen molar-refractivity contribution in [3.63, 3.8) is 0 Å². The van der Waals surface area contributed by atoms with Gasteiger partial charge in [-0.1, -0.05) is 12.1 Å². The van der Waals surface area contributed by atoms with Crippen molar-refractivity contribution in [2.75, 3.05) is 37.4 Å². The second-order valence-corrected chi connectivity index (χ2v) is 9.37. The van der Waals surface area contributed by atoms with Crippen molar-refractivity contribution in [2.24, 2.45) is 13.0 Å². The average molecular weight is 503 g/mol. The lowest BCUT2D eigenvalue weighted by atomic mass is 10.1. The summed E-state index contributed by atoms with van der Waals surface area (Å²) < 4.78 is 6.62. The predicted molar refractivity (Wildman–Crippen MR) is 140 cm³/mol. The molecule has 3 aromatic heterocycles. The van der Waals surface area contributed by atoms with Gasteiger partial charge in [0.25, 0.3) is 0 Å². The smallest absolute Gasteiger partial charge is 0.310 e. The number of H-pyrrole nitrogens is 1. The fourth-order valence-corrected chi connectivity index (χ4v) is 4.69. The zero-order valence-corrected chi connectivity index (χ0v) is 21.3. The number of hydrogen-bond acceptors (Lipinski definition) is 8. The Morgan fingerprint density at radius 3 is 2.86 bits per heavy atom. The highest BCUT2D eigenvalue weighted by atomic mass is 16.5. The van der Waals surface area contributed by atoms with E-state index in [1.807, 2.05) is 56.3 Å². The molecule has 1 aliphatic heterocycles. The molecule has 3 N–H and O–H groups in total. The third kappa shape index (κ3) is 5.03. The number of hydrogen-bond donors (Lipinski definition) is 3. The van der Waals surface area contributed by atoms with Crippen LogP contribution >= 0.6 is 0 Å². The predicted octanol–water partition coefficient (Wildman–Crippen LogP) is 3.15. The molecule has 11 nitrogen and oxygen atoms in total. The number of nitrogens with zero attached hydrogens (tertiary/aromatic N) is 5. The highest BCUT2D eigenvalue weighted by molar-refractivity contribution is 6.06. The van der Waals surface area contributed by atoms with E-state index in [0.29, 0.717) is 37.0 Å². The summed E-state index contributed by atoms with van der Waals surface area (Å²) in [4.78, 5) is 39.1. The average Bonchev–Trinajstić information content (AvgIpc) is 3.59. The minimum absolute atomic E-state index is 0.135. The van der Waals surface area contributed by atoms with Crippen LogP contribution in [0.15, 0.2) is 36.7 Å². The van der Waals surface area contributed by atoms with E-state index >= 15 is 0 Å². The topological polar surface area (TPSA) is 130 Å². The quantitative estimate of drug-likeness (QED) is 0.329. The van der Waals surface area contributed by atoms with E-state index in [2.05, 4.69) is 25.7 Å². The molecular formula is C26H30N8O3. The molecule has 0 spiro atoms. The Labute approximate surface area is 214 Å². The number of carbonyl (C=O) groups excluding carboxylic acids is 2. The molecule has 11 heteroatoms. The van der Waals surface area contributed by atoms with Crippen LogP contribution in [0, 0.1) is 19.8 Å². The first-order valence-electron chi connectivity index (χ1n) is 12.1. The van der Waals surface area contributed by atoms with Gasteiger partial charge in [-0.25, -0.2) is 9.97 Å². The van der Waals surface area contributed by atoms with Crippen LogP contribution in [0.2, 0.25) is 0 Å². The van der Waals surface area contributed by atoms with Gasteiger partial charge in [0.05, 0.1) is 36.5 Å². The second-order valence-electron chi connectivity index (χ2n) is 9.37. The lowest BCUT2D eigenvalue weighted by Gasteiger charge is -2.15. The molecule has 1 atom stereocenters. The maximum atomic E-state index is 12.8. The van der Waals surface area contributed by atoms with Gasteiger partial charge < -0.3 is 20.4 Å². The number of nitrogens with one attached hydrogen (secondary N) is 3. The van der Waals surface area contributed by atoms with E-state index in [1.54, 1.807) is 10.9 Å². The molecule has 1 aromatic carbocycles. The van der Waals surface area contributed by atoms with Crippen LogP contribution in [-0.2, 0) is 21.4 Å². The number of aryl methyl sites for hydroxylation is 3. The van der Waals surface area contributed by atoms with Gasteiger partial charge >= 0.3 is 5.97 Å². The zero-order chi connectivity index (χ0) is 26.1. The van der Waals surface area contributed by atoms with Crippen molar-refractivity contribution in [1.29, 1.82) is 0 Å². The summed E-state index contributed by atoms with van der Waals surface area (Å²) in [5.41, 5.74) is 5.14. The summed E-state index contributed by atoms with van der Waals surface area (Å²) in [5, 5.41) is 11.5. The minimum Gasteiger partial charge on any atom is -0.469 e. The van der Waals surface area contributed by atoms with Crippen molar-refractivity contribution in [2.45, 2.75) is 20.3 Å². The Morgan fingerprint density at radius 1 is 1.27 bits per heavy atom. The van der Waals surface area contributed by atoms with Crippen molar-refractivity contribution >= 4 is 40.2 Å². The van der Waals surface area contributed by atoms with Crippen LogP contribution in [0.1, 0.15) is 17.7 Å². The molecule has 1 fully saturated rings. The largest absolute Gasteiger partial charge is 0.469 e. The molecule has 1 saturated heterocycles. The van der Waals surface area contributed by atoms with E-state index in [4.69, 9.17) is 9.72 Å². The molecule has 1 aliphatic rings. The van der Waals surface area contributed by atoms with Crippen molar-refractivity contribution in [3.05, 3.63) is 47.9 Å². The molecule has 0 radical (unpaired) electrons. The first-order valence-corrected chi connectivity index (χ1v) is 12.1. The van der Waals surface area contributed by atoms with Crippen LogP contribution in [-0.4, -0.2) is 68.3 Å². The summed E-state index contributed by atoms with van der Waals surface area (Å²) in [6.45, 7) is 5.37.